The van der Waals surface area contributed by atoms with E-state index in [9.17, 15) is 4.79 Å². The van der Waals surface area contributed by atoms with Crippen molar-refractivity contribution in [3.63, 3.8) is 0 Å². The number of aryl methyl sites for hydroxylation is 2. The molecule has 1 amide bonds. The fraction of sp³-hybridized carbons (Fsp3) is 0.480. The number of carbonyl (C=O) groups excluding carboxylic acids is 1. The Bertz CT molecular complexity index is 1200. The molecule has 9 nitrogen and oxygen atoms in total. The van der Waals surface area contributed by atoms with Gasteiger partial charge in [0.05, 0.1) is 17.4 Å². The molecule has 0 radical (unpaired) electrons. The minimum absolute atomic E-state index is 0.126. The van der Waals surface area contributed by atoms with Crippen LogP contribution in [-0.2, 0) is 4.74 Å². The van der Waals surface area contributed by atoms with Crippen molar-refractivity contribution in [1.82, 2.24) is 25.3 Å². The number of nitrogens with two attached hydrogens (primary N) is 1. The highest BCUT2D eigenvalue weighted by Crippen LogP contribution is 2.27. The highest BCUT2D eigenvalue weighted by atomic mass is 16.6. The number of alkyl carbamates (subject to hydrolysis) is 1. The van der Waals surface area contributed by atoms with Crippen molar-refractivity contribution in [3.05, 3.63) is 35.7 Å². The first kappa shape index (κ1) is 23.7. The number of rotatable bonds is 4. The van der Waals surface area contributed by atoms with Crippen LogP contribution >= 0.6 is 0 Å². The lowest BCUT2D eigenvalue weighted by Gasteiger charge is -2.30. The van der Waals surface area contributed by atoms with E-state index < -0.39 is 5.60 Å². The van der Waals surface area contributed by atoms with Gasteiger partial charge in [0.15, 0.2) is 0 Å². The number of carbonyl (C=O) groups is 1. The van der Waals surface area contributed by atoms with Crippen LogP contribution in [0.15, 0.2) is 24.4 Å². The molecule has 1 aliphatic carbocycles. The van der Waals surface area contributed by atoms with E-state index in [1.54, 1.807) is 12.3 Å². The largest absolute Gasteiger partial charge is 0.444 e. The summed E-state index contributed by atoms with van der Waals surface area (Å²) >= 11 is 0. The SMILES string of the molecule is Cc1nc(N)ccc1-c1cc(C)c2nc(N[C@H]3CC[C@H](NC(=O)OC(C)(C)C)CC3)ncc2n1. The minimum atomic E-state index is -0.491. The van der Waals surface area contributed by atoms with Crippen LogP contribution in [0.2, 0.25) is 0 Å². The Labute approximate surface area is 200 Å². The summed E-state index contributed by atoms with van der Waals surface area (Å²) < 4.78 is 5.36. The van der Waals surface area contributed by atoms with E-state index in [1.807, 2.05) is 46.8 Å². The van der Waals surface area contributed by atoms with E-state index in [1.165, 1.54) is 0 Å². The molecule has 0 unspecified atom stereocenters. The first-order valence-electron chi connectivity index (χ1n) is 11.7. The average molecular weight is 464 g/mol. The van der Waals surface area contributed by atoms with Gasteiger partial charge in [-0.15, -0.1) is 0 Å². The second-order valence-corrected chi connectivity index (χ2v) is 9.96. The first-order chi connectivity index (χ1) is 16.1. The van der Waals surface area contributed by atoms with Crippen LogP contribution in [-0.4, -0.2) is 43.7 Å². The fourth-order valence-electron chi connectivity index (χ4n) is 4.28. The zero-order valence-corrected chi connectivity index (χ0v) is 20.5. The van der Waals surface area contributed by atoms with Crippen LogP contribution in [0.3, 0.4) is 0 Å². The molecule has 9 heteroatoms. The van der Waals surface area contributed by atoms with Crippen molar-refractivity contribution >= 4 is 28.9 Å². The smallest absolute Gasteiger partial charge is 0.407 e. The maximum absolute atomic E-state index is 12.0. The lowest BCUT2D eigenvalue weighted by Crippen LogP contribution is -2.42. The zero-order valence-electron chi connectivity index (χ0n) is 20.5. The molecule has 4 rings (SSSR count). The number of hydrogen-bond acceptors (Lipinski definition) is 8. The number of fused-ring (bicyclic) bond motifs is 1. The second-order valence-electron chi connectivity index (χ2n) is 9.96. The highest BCUT2D eigenvalue weighted by molar-refractivity contribution is 5.82. The molecule has 0 atom stereocenters. The molecule has 0 bridgehead atoms. The van der Waals surface area contributed by atoms with E-state index in [0.717, 1.165) is 59.2 Å². The number of aromatic nitrogens is 4. The van der Waals surface area contributed by atoms with Crippen molar-refractivity contribution in [2.45, 2.75) is 78.0 Å². The van der Waals surface area contributed by atoms with Crippen molar-refractivity contribution in [2.75, 3.05) is 11.1 Å². The zero-order chi connectivity index (χ0) is 24.5. The predicted octanol–water partition coefficient (Wildman–Crippen LogP) is 4.53. The second kappa shape index (κ2) is 9.40. The molecule has 180 valence electrons. The Morgan fingerprint density at radius 3 is 2.44 bits per heavy atom. The molecule has 3 aromatic heterocycles. The third kappa shape index (κ3) is 5.70. The van der Waals surface area contributed by atoms with Crippen molar-refractivity contribution in [2.24, 2.45) is 0 Å². The number of nitrogens with zero attached hydrogens (tertiary/aromatic N) is 4. The van der Waals surface area contributed by atoms with Gasteiger partial charge in [0, 0.05) is 23.3 Å². The normalized spacial score (nSPS) is 18.5. The Morgan fingerprint density at radius 2 is 1.76 bits per heavy atom. The molecular formula is C25H33N7O2. The topological polar surface area (TPSA) is 128 Å². The first-order valence-corrected chi connectivity index (χ1v) is 11.7. The van der Waals surface area contributed by atoms with Crippen LogP contribution in [0.5, 0.6) is 0 Å². The van der Waals surface area contributed by atoms with E-state index in [2.05, 4.69) is 20.6 Å². The monoisotopic (exact) mass is 463 g/mol. The molecule has 3 aromatic rings. The quantitative estimate of drug-likeness (QED) is 0.515. The summed E-state index contributed by atoms with van der Waals surface area (Å²) in [6.45, 7) is 9.55. The van der Waals surface area contributed by atoms with Crippen LogP contribution < -0.4 is 16.4 Å². The standard InChI is InChI=1S/C25H33N7O2/c1-14-12-19(18-10-11-21(26)28-15(18)2)31-20-13-27-23(32-22(14)20)29-16-6-8-17(9-7-16)30-24(33)34-25(3,4)5/h10-13,16-17H,6-9H2,1-5H3,(H2,26,28)(H,30,33)(H,27,29,32)/t16-,17-. The van der Waals surface area contributed by atoms with Gasteiger partial charge in [-0.3, -0.25) is 0 Å². The number of hydrogen-bond donors (Lipinski definition) is 3. The molecule has 1 fully saturated rings. The fourth-order valence-corrected chi connectivity index (χ4v) is 4.28. The third-order valence-corrected chi connectivity index (χ3v) is 5.90. The van der Waals surface area contributed by atoms with Gasteiger partial charge in [0.2, 0.25) is 5.95 Å². The van der Waals surface area contributed by atoms with E-state index in [-0.39, 0.29) is 18.2 Å². The summed E-state index contributed by atoms with van der Waals surface area (Å²) in [7, 11) is 0. The molecule has 0 saturated heterocycles. The number of anilines is 2. The summed E-state index contributed by atoms with van der Waals surface area (Å²) in [5.74, 6) is 1.09. The lowest BCUT2D eigenvalue weighted by molar-refractivity contribution is 0.0492. The van der Waals surface area contributed by atoms with Crippen molar-refractivity contribution < 1.29 is 9.53 Å². The van der Waals surface area contributed by atoms with Gasteiger partial charge in [-0.25, -0.2) is 24.7 Å². The van der Waals surface area contributed by atoms with Gasteiger partial charge < -0.3 is 21.1 Å². The van der Waals surface area contributed by atoms with E-state index >= 15 is 0 Å². The van der Waals surface area contributed by atoms with Crippen LogP contribution in [0.4, 0.5) is 16.6 Å². The van der Waals surface area contributed by atoms with Crippen LogP contribution in [0, 0.1) is 13.8 Å². The molecule has 0 aliphatic heterocycles. The number of nitrogens with one attached hydrogen (secondary N) is 2. The molecule has 1 saturated carbocycles. The molecule has 34 heavy (non-hydrogen) atoms. The molecule has 4 N–H and O–H groups in total. The van der Waals surface area contributed by atoms with E-state index in [0.29, 0.717) is 11.8 Å². The average Bonchev–Trinajstić information content (AvgIpc) is 2.74. The highest BCUT2D eigenvalue weighted by Gasteiger charge is 2.25. The van der Waals surface area contributed by atoms with Gasteiger partial charge >= 0.3 is 6.09 Å². The third-order valence-electron chi connectivity index (χ3n) is 5.90. The lowest BCUT2D eigenvalue weighted by atomic mass is 9.91. The predicted molar refractivity (Wildman–Crippen MR) is 133 cm³/mol. The van der Waals surface area contributed by atoms with Gasteiger partial charge in [-0.1, -0.05) is 0 Å². The molecular weight excluding hydrogens is 430 g/mol. The molecule has 1 aliphatic rings. The van der Waals surface area contributed by atoms with Crippen LogP contribution in [0.25, 0.3) is 22.3 Å². The summed E-state index contributed by atoms with van der Waals surface area (Å²) in [4.78, 5) is 30.4. The number of nitrogen functional groups attached to an aromatic ring is 1. The van der Waals surface area contributed by atoms with E-state index in [4.69, 9.17) is 20.4 Å². The Morgan fingerprint density at radius 1 is 1.06 bits per heavy atom. The maximum atomic E-state index is 12.0. The molecule has 3 heterocycles. The van der Waals surface area contributed by atoms with Crippen LogP contribution in [0.1, 0.15) is 57.7 Å². The number of pyridine rings is 2. The summed E-state index contributed by atoms with van der Waals surface area (Å²) in [6, 6.07) is 6.13. The summed E-state index contributed by atoms with van der Waals surface area (Å²) in [5, 5.41) is 6.43. The van der Waals surface area contributed by atoms with Gasteiger partial charge in [-0.05, 0) is 84.1 Å². The Kier molecular flexibility index (Phi) is 6.54. The maximum Gasteiger partial charge on any atom is 0.407 e. The van der Waals surface area contributed by atoms with Gasteiger partial charge in [0.1, 0.15) is 16.9 Å². The number of ether oxygens (including phenoxy) is 1. The Balaban J connectivity index is 1.41. The Hall–Kier alpha value is -3.49. The van der Waals surface area contributed by atoms with Crippen molar-refractivity contribution in [1.29, 1.82) is 0 Å². The molecule has 0 aromatic carbocycles. The summed E-state index contributed by atoms with van der Waals surface area (Å²) in [5.41, 5.74) is 10.5. The molecule has 0 spiro atoms. The van der Waals surface area contributed by atoms with Crippen molar-refractivity contribution in [3.8, 4) is 11.3 Å². The minimum Gasteiger partial charge on any atom is -0.444 e. The van der Waals surface area contributed by atoms with Gasteiger partial charge in [-0.2, -0.15) is 0 Å². The summed E-state index contributed by atoms with van der Waals surface area (Å²) in [6.07, 6.45) is 5.00. The number of amides is 1. The van der Waals surface area contributed by atoms with Gasteiger partial charge in [0.25, 0.3) is 0 Å².